The number of carbonyl (C=O) groups is 2. The predicted molar refractivity (Wildman–Crippen MR) is 76.9 cm³/mol. The maximum Gasteiger partial charge on any atom is 0.254 e. The first-order valence-corrected chi connectivity index (χ1v) is 6.79. The minimum atomic E-state index is -1.27. The number of aliphatic hydroxyl groups excluding tert-OH is 1. The van der Waals surface area contributed by atoms with Crippen LogP contribution in [0.4, 0.5) is 0 Å². The van der Waals surface area contributed by atoms with Gasteiger partial charge in [0.25, 0.3) is 5.91 Å². The van der Waals surface area contributed by atoms with Crippen molar-refractivity contribution in [1.82, 2.24) is 10.6 Å². The summed E-state index contributed by atoms with van der Waals surface area (Å²) in [5.41, 5.74) is 0.500. The first kappa shape index (κ1) is 16.2. The van der Waals surface area contributed by atoms with E-state index < -0.39 is 18.1 Å². The highest BCUT2D eigenvalue weighted by molar-refractivity contribution is 5.89. The zero-order chi connectivity index (χ0) is 15.1. The van der Waals surface area contributed by atoms with Crippen LogP contribution in [0.15, 0.2) is 30.3 Å². The maximum atomic E-state index is 11.9. The fraction of sp³-hybridized carbons (Fsp3) is 0.467. The second-order valence-electron chi connectivity index (χ2n) is 4.86. The number of carbonyl (C=O) groups excluding carboxylic acids is 2. The maximum absolute atomic E-state index is 11.9. The van der Waals surface area contributed by atoms with Gasteiger partial charge in [0.05, 0.1) is 0 Å². The first-order valence-electron chi connectivity index (χ1n) is 6.79. The molecule has 0 aliphatic rings. The lowest BCUT2D eigenvalue weighted by atomic mass is 10.1. The van der Waals surface area contributed by atoms with Crippen molar-refractivity contribution in [1.29, 1.82) is 0 Å². The molecule has 0 heterocycles. The third-order valence-corrected chi connectivity index (χ3v) is 3.12. The molecule has 110 valence electrons. The van der Waals surface area contributed by atoms with Crippen molar-refractivity contribution < 1.29 is 14.7 Å². The molecule has 5 heteroatoms. The van der Waals surface area contributed by atoms with Gasteiger partial charge in [0, 0.05) is 6.04 Å². The fourth-order valence-electron chi connectivity index (χ4n) is 1.61. The van der Waals surface area contributed by atoms with E-state index in [9.17, 15) is 14.7 Å². The molecule has 2 amide bonds. The fourth-order valence-corrected chi connectivity index (χ4v) is 1.61. The van der Waals surface area contributed by atoms with Crippen molar-refractivity contribution in [2.45, 2.75) is 45.4 Å². The molecular formula is C15H22N2O3. The lowest BCUT2D eigenvalue weighted by Crippen LogP contribution is -2.48. The van der Waals surface area contributed by atoms with E-state index in [4.69, 9.17) is 0 Å². The highest BCUT2D eigenvalue weighted by atomic mass is 16.3. The SMILES string of the molecule is CCC(C)NC(=O)C(C)NC(=O)C(O)c1ccccc1. The minimum Gasteiger partial charge on any atom is -0.378 e. The van der Waals surface area contributed by atoms with Gasteiger partial charge in [0.2, 0.25) is 5.91 Å². The van der Waals surface area contributed by atoms with E-state index in [1.165, 1.54) is 0 Å². The Balaban J connectivity index is 2.55. The van der Waals surface area contributed by atoms with Crippen molar-refractivity contribution in [2.75, 3.05) is 0 Å². The van der Waals surface area contributed by atoms with Crippen LogP contribution >= 0.6 is 0 Å². The summed E-state index contributed by atoms with van der Waals surface area (Å²) < 4.78 is 0. The Morgan fingerprint density at radius 2 is 1.70 bits per heavy atom. The zero-order valence-electron chi connectivity index (χ0n) is 12.1. The molecule has 3 N–H and O–H groups in total. The summed E-state index contributed by atoms with van der Waals surface area (Å²) in [6.07, 6.45) is -0.450. The quantitative estimate of drug-likeness (QED) is 0.730. The Morgan fingerprint density at radius 3 is 2.25 bits per heavy atom. The molecule has 0 aliphatic heterocycles. The second kappa shape index (κ2) is 7.65. The molecule has 0 fully saturated rings. The predicted octanol–water partition coefficient (Wildman–Crippen LogP) is 1.14. The van der Waals surface area contributed by atoms with Gasteiger partial charge in [-0.15, -0.1) is 0 Å². The van der Waals surface area contributed by atoms with Gasteiger partial charge in [-0.2, -0.15) is 0 Å². The van der Waals surface area contributed by atoms with E-state index in [1.54, 1.807) is 37.3 Å². The lowest BCUT2D eigenvalue weighted by molar-refractivity contribution is -0.134. The number of nitrogens with one attached hydrogen (secondary N) is 2. The van der Waals surface area contributed by atoms with Gasteiger partial charge in [-0.1, -0.05) is 37.3 Å². The largest absolute Gasteiger partial charge is 0.378 e. The molecule has 0 saturated heterocycles. The van der Waals surface area contributed by atoms with Crippen molar-refractivity contribution in [3.05, 3.63) is 35.9 Å². The Kier molecular flexibility index (Phi) is 6.18. The van der Waals surface area contributed by atoms with Gasteiger partial charge in [0.1, 0.15) is 6.04 Å². The van der Waals surface area contributed by atoms with Crippen LogP contribution in [0, 0.1) is 0 Å². The van der Waals surface area contributed by atoms with Crippen LogP contribution in [0.3, 0.4) is 0 Å². The Hall–Kier alpha value is -1.88. The summed E-state index contributed by atoms with van der Waals surface area (Å²) >= 11 is 0. The topological polar surface area (TPSA) is 78.4 Å². The van der Waals surface area contributed by atoms with Crippen molar-refractivity contribution in [3.63, 3.8) is 0 Å². The summed E-state index contributed by atoms with van der Waals surface area (Å²) in [6, 6.07) is 7.98. The molecule has 20 heavy (non-hydrogen) atoms. The molecule has 1 rings (SSSR count). The summed E-state index contributed by atoms with van der Waals surface area (Å²) in [6.45, 7) is 5.45. The van der Waals surface area contributed by atoms with Crippen LogP contribution in [0.25, 0.3) is 0 Å². The van der Waals surface area contributed by atoms with Crippen LogP contribution in [-0.4, -0.2) is 29.0 Å². The van der Waals surface area contributed by atoms with Gasteiger partial charge in [-0.25, -0.2) is 0 Å². The normalized spacial score (nSPS) is 15.0. The standard InChI is InChI=1S/C15H22N2O3/c1-4-10(2)16-14(19)11(3)17-15(20)13(18)12-8-6-5-7-9-12/h5-11,13,18H,4H2,1-3H3,(H,16,19)(H,17,20). The number of rotatable bonds is 6. The Morgan fingerprint density at radius 1 is 1.10 bits per heavy atom. The molecule has 0 aromatic heterocycles. The number of benzene rings is 1. The average Bonchev–Trinajstić information content (AvgIpc) is 2.46. The lowest BCUT2D eigenvalue weighted by Gasteiger charge is -2.19. The molecule has 3 atom stereocenters. The molecule has 5 nitrogen and oxygen atoms in total. The van der Waals surface area contributed by atoms with Gasteiger partial charge in [-0.3, -0.25) is 9.59 Å². The van der Waals surface area contributed by atoms with Crippen LogP contribution in [0.1, 0.15) is 38.9 Å². The van der Waals surface area contributed by atoms with E-state index >= 15 is 0 Å². The molecule has 1 aromatic rings. The van der Waals surface area contributed by atoms with Gasteiger partial charge in [-0.05, 0) is 25.8 Å². The van der Waals surface area contributed by atoms with E-state index in [0.29, 0.717) is 5.56 Å². The Bertz CT molecular complexity index is 448. The van der Waals surface area contributed by atoms with Crippen molar-refractivity contribution >= 4 is 11.8 Å². The highest BCUT2D eigenvalue weighted by Crippen LogP contribution is 2.12. The molecule has 0 aliphatic carbocycles. The summed E-state index contributed by atoms with van der Waals surface area (Å²) in [7, 11) is 0. The number of hydrogen-bond donors (Lipinski definition) is 3. The summed E-state index contributed by atoms with van der Waals surface area (Å²) in [5, 5.41) is 15.2. The zero-order valence-corrected chi connectivity index (χ0v) is 12.1. The van der Waals surface area contributed by atoms with Crippen molar-refractivity contribution in [2.24, 2.45) is 0 Å². The van der Waals surface area contributed by atoms with Crippen LogP contribution in [0.5, 0.6) is 0 Å². The van der Waals surface area contributed by atoms with Crippen LogP contribution in [-0.2, 0) is 9.59 Å². The summed E-state index contributed by atoms with van der Waals surface area (Å²) in [5.74, 6) is -0.837. The van der Waals surface area contributed by atoms with Crippen LogP contribution in [0.2, 0.25) is 0 Å². The highest BCUT2D eigenvalue weighted by Gasteiger charge is 2.22. The Labute approximate surface area is 119 Å². The van der Waals surface area contributed by atoms with E-state index in [0.717, 1.165) is 6.42 Å². The van der Waals surface area contributed by atoms with E-state index in [-0.39, 0.29) is 11.9 Å². The molecule has 0 bridgehead atoms. The second-order valence-corrected chi connectivity index (χ2v) is 4.86. The van der Waals surface area contributed by atoms with E-state index in [2.05, 4.69) is 10.6 Å². The molecule has 0 radical (unpaired) electrons. The van der Waals surface area contributed by atoms with Crippen molar-refractivity contribution in [3.8, 4) is 0 Å². The molecule has 0 saturated carbocycles. The third-order valence-electron chi connectivity index (χ3n) is 3.12. The smallest absolute Gasteiger partial charge is 0.254 e. The first-order chi connectivity index (χ1) is 9.45. The average molecular weight is 278 g/mol. The monoisotopic (exact) mass is 278 g/mol. The number of hydrogen-bond acceptors (Lipinski definition) is 3. The van der Waals surface area contributed by atoms with E-state index in [1.807, 2.05) is 13.8 Å². The van der Waals surface area contributed by atoms with Gasteiger partial charge < -0.3 is 15.7 Å². The minimum absolute atomic E-state index is 0.0564. The van der Waals surface area contributed by atoms with Gasteiger partial charge >= 0.3 is 0 Å². The van der Waals surface area contributed by atoms with Crippen LogP contribution < -0.4 is 10.6 Å². The number of amides is 2. The summed E-state index contributed by atoms with van der Waals surface area (Å²) in [4.78, 5) is 23.7. The molecule has 0 spiro atoms. The van der Waals surface area contributed by atoms with Gasteiger partial charge in [0.15, 0.2) is 6.10 Å². The third kappa shape index (κ3) is 4.66. The molecular weight excluding hydrogens is 256 g/mol. The molecule has 1 aromatic carbocycles. The number of aliphatic hydroxyl groups is 1. The molecule has 3 unspecified atom stereocenters.